The Hall–Kier alpha value is -1.03. The van der Waals surface area contributed by atoms with Gasteiger partial charge in [0.25, 0.3) is 0 Å². The van der Waals surface area contributed by atoms with Gasteiger partial charge in [-0.05, 0) is 12.0 Å². The minimum absolute atomic E-state index is 0.483. The van der Waals surface area contributed by atoms with Gasteiger partial charge in [-0.15, -0.1) is 0 Å². The second kappa shape index (κ2) is 5.11. The Morgan fingerprint density at radius 2 is 2.44 bits per heavy atom. The minimum atomic E-state index is 0.483. The highest BCUT2D eigenvalue weighted by molar-refractivity contribution is 5.19. The van der Waals surface area contributed by atoms with E-state index in [1.165, 1.54) is 0 Å². The van der Waals surface area contributed by atoms with Crippen molar-refractivity contribution in [2.24, 2.45) is 0 Å². The van der Waals surface area contributed by atoms with E-state index in [0.717, 1.165) is 12.0 Å². The molecule has 0 aliphatic rings. The standard InChI is InChI=1S/C8H11N/c1-3-5-8(4-2)6-7-9/h4-5H,2-3,6H2,1H3/b8-5+. The maximum atomic E-state index is 8.26. The van der Waals surface area contributed by atoms with Gasteiger partial charge in [0.05, 0.1) is 12.5 Å². The van der Waals surface area contributed by atoms with Crippen LogP contribution >= 0.6 is 0 Å². The Morgan fingerprint density at radius 3 is 2.78 bits per heavy atom. The molecule has 1 heteroatoms. The lowest BCUT2D eigenvalue weighted by Gasteiger charge is -1.89. The topological polar surface area (TPSA) is 23.8 Å². The fourth-order valence-corrected chi connectivity index (χ4v) is 0.581. The van der Waals surface area contributed by atoms with E-state index in [0.29, 0.717) is 6.42 Å². The third kappa shape index (κ3) is 3.54. The van der Waals surface area contributed by atoms with Gasteiger partial charge in [0, 0.05) is 0 Å². The van der Waals surface area contributed by atoms with Crippen LogP contribution in [0.2, 0.25) is 0 Å². The molecule has 0 aliphatic heterocycles. The Bertz CT molecular complexity index is 148. The van der Waals surface area contributed by atoms with E-state index in [1.54, 1.807) is 6.08 Å². The van der Waals surface area contributed by atoms with Crippen LogP contribution in [0, 0.1) is 11.3 Å². The van der Waals surface area contributed by atoms with Crippen LogP contribution in [0.25, 0.3) is 0 Å². The van der Waals surface area contributed by atoms with Gasteiger partial charge in [0.2, 0.25) is 0 Å². The monoisotopic (exact) mass is 121 g/mol. The van der Waals surface area contributed by atoms with Crippen LogP contribution in [-0.2, 0) is 0 Å². The van der Waals surface area contributed by atoms with Crippen molar-refractivity contribution in [2.75, 3.05) is 0 Å². The molecule has 1 nitrogen and oxygen atoms in total. The summed E-state index contributed by atoms with van der Waals surface area (Å²) in [7, 11) is 0. The van der Waals surface area contributed by atoms with E-state index < -0.39 is 0 Å². The summed E-state index contributed by atoms with van der Waals surface area (Å²) >= 11 is 0. The van der Waals surface area contributed by atoms with Crippen LogP contribution < -0.4 is 0 Å². The highest BCUT2D eigenvalue weighted by Crippen LogP contribution is 2.01. The molecule has 0 N–H and O–H groups in total. The van der Waals surface area contributed by atoms with Crippen molar-refractivity contribution >= 4 is 0 Å². The molecule has 0 saturated heterocycles. The van der Waals surface area contributed by atoms with Crippen molar-refractivity contribution in [1.29, 1.82) is 5.26 Å². The summed E-state index contributed by atoms with van der Waals surface area (Å²) in [5, 5.41) is 8.26. The molecule has 0 saturated carbocycles. The van der Waals surface area contributed by atoms with Crippen molar-refractivity contribution in [1.82, 2.24) is 0 Å². The first-order valence-electron chi connectivity index (χ1n) is 3.03. The Balaban J connectivity index is 3.85. The molecule has 0 aromatic heterocycles. The number of hydrogen-bond donors (Lipinski definition) is 0. The molecule has 0 amide bonds. The zero-order chi connectivity index (χ0) is 7.11. The van der Waals surface area contributed by atoms with Crippen LogP contribution in [0.1, 0.15) is 19.8 Å². The van der Waals surface area contributed by atoms with Crippen LogP contribution in [0.4, 0.5) is 0 Å². The second-order valence-electron chi connectivity index (χ2n) is 1.73. The van der Waals surface area contributed by atoms with Gasteiger partial charge in [0.1, 0.15) is 0 Å². The SMILES string of the molecule is C=C/C(=C\CC)CC#N. The van der Waals surface area contributed by atoms with Crippen molar-refractivity contribution in [3.05, 3.63) is 24.3 Å². The van der Waals surface area contributed by atoms with Crippen molar-refractivity contribution in [3.63, 3.8) is 0 Å². The highest BCUT2D eigenvalue weighted by atomic mass is 14.2. The van der Waals surface area contributed by atoms with Gasteiger partial charge in [0.15, 0.2) is 0 Å². The molecule has 0 atom stereocenters. The molecule has 0 aromatic carbocycles. The number of hydrogen-bond acceptors (Lipinski definition) is 1. The fraction of sp³-hybridized carbons (Fsp3) is 0.375. The maximum absolute atomic E-state index is 8.26. The zero-order valence-corrected chi connectivity index (χ0v) is 5.72. The molecule has 48 valence electrons. The fourth-order valence-electron chi connectivity index (χ4n) is 0.581. The molecule has 0 bridgehead atoms. The lowest BCUT2D eigenvalue weighted by molar-refractivity contribution is 1.16. The molecule has 0 spiro atoms. The van der Waals surface area contributed by atoms with E-state index in [-0.39, 0.29) is 0 Å². The molecule has 0 unspecified atom stereocenters. The van der Waals surface area contributed by atoms with Gasteiger partial charge >= 0.3 is 0 Å². The van der Waals surface area contributed by atoms with Crippen LogP contribution in [0.15, 0.2) is 24.3 Å². The van der Waals surface area contributed by atoms with Gasteiger partial charge in [-0.25, -0.2) is 0 Å². The van der Waals surface area contributed by atoms with E-state index in [1.807, 2.05) is 13.0 Å². The third-order valence-corrected chi connectivity index (χ3v) is 1.01. The van der Waals surface area contributed by atoms with Crippen molar-refractivity contribution < 1.29 is 0 Å². The number of nitriles is 1. The summed E-state index contributed by atoms with van der Waals surface area (Å²) in [5.41, 5.74) is 1.03. The first kappa shape index (κ1) is 7.97. The summed E-state index contributed by atoms with van der Waals surface area (Å²) < 4.78 is 0. The van der Waals surface area contributed by atoms with E-state index in [2.05, 4.69) is 12.6 Å². The maximum Gasteiger partial charge on any atom is 0.0669 e. The molecule has 9 heavy (non-hydrogen) atoms. The summed E-state index contributed by atoms with van der Waals surface area (Å²) in [6.45, 7) is 5.62. The molecular weight excluding hydrogens is 110 g/mol. The van der Waals surface area contributed by atoms with E-state index >= 15 is 0 Å². The van der Waals surface area contributed by atoms with E-state index in [4.69, 9.17) is 5.26 Å². The molecular formula is C8H11N. The predicted molar refractivity (Wildman–Crippen MR) is 38.8 cm³/mol. The summed E-state index contributed by atoms with van der Waals surface area (Å²) in [6, 6.07) is 2.06. The normalized spacial score (nSPS) is 10.4. The van der Waals surface area contributed by atoms with Gasteiger partial charge in [-0.1, -0.05) is 25.7 Å². The summed E-state index contributed by atoms with van der Waals surface area (Å²) in [5.74, 6) is 0. The zero-order valence-electron chi connectivity index (χ0n) is 5.72. The van der Waals surface area contributed by atoms with Gasteiger partial charge in [-0.2, -0.15) is 5.26 Å². The molecule has 0 heterocycles. The molecule has 0 rings (SSSR count). The first-order valence-corrected chi connectivity index (χ1v) is 3.03. The van der Waals surface area contributed by atoms with Gasteiger partial charge in [-0.3, -0.25) is 0 Å². The lowest BCUT2D eigenvalue weighted by atomic mass is 10.2. The highest BCUT2D eigenvalue weighted by Gasteiger charge is 1.85. The molecule has 0 fully saturated rings. The third-order valence-electron chi connectivity index (χ3n) is 1.01. The van der Waals surface area contributed by atoms with Crippen LogP contribution in [0.3, 0.4) is 0 Å². The summed E-state index contributed by atoms with van der Waals surface area (Å²) in [6.07, 6.45) is 5.20. The number of allylic oxidation sites excluding steroid dienone is 3. The average Bonchev–Trinajstić information content (AvgIpc) is 1.88. The number of nitrogens with zero attached hydrogens (tertiary/aromatic N) is 1. The Morgan fingerprint density at radius 1 is 1.78 bits per heavy atom. The quantitative estimate of drug-likeness (QED) is 0.526. The number of rotatable bonds is 3. The molecule has 0 aromatic rings. The Labute approximate surface area is 56.3 Å². The van der Waals surface area contributed by atoms with Crippen molar-refractivity contribution in [2.45, 2.75) is 19.8 Å². The second-order valence-corrected chi connectivity index (χ2v) is 1.73. The minimum Gasteiger partial charge on any atom is -0.198 e. The molecule has 0 radical (unpaired) electrons. The van der Waals surface area contributed by atoms with Crippen LogP contribution in [0.5, 0.6) is 0 Å². The Kier molecular flexibility index (Phi) is 4.53. The van der Waals surface area contributed by atoms with Gasteiger partial charge < -0.3 is 0 Å². The molecule has 0 aliphatic carbocycles. The average molecular weight is 121 g/mol. The van der Waals surface area contributed by atoms with Crippen molar-refractivity contribution in [3.8, 4) is 6.07 Å². The smallest absolute Gasteiger partial charge is 0.0669 e. The predicted octanol–water partition coefficient (Wildman–Crippen LogP) is 2.42. The summed E-state index contributed by atoms with van der Waals surface area (Å²) in [4.78, 5) is 0. The lowest BCUT2D eigenvalue weighted by Crippen LogP contribution is -1.72. The van der Waals surface area contributed by atoms with E-state index in [9.17, 15) is 0 Å². The first-order chi connectivity index (χ1) is 4.35. The van der Waals surface area contributed by atoms with Crippen LogP contribution in [-0.4, -0.2) is 0 Å². The largest absolute Gasteiger partial charge is 0.198 e.